The van der Waals surface area contributed by atoms with Crippen molar-refractivity contribution in [2.45, 2.75) is 39.5 Å². The van der Waals surface area contributed by atoms with Crippen LogP contribution < -0.4 is 5.32 Å². The zero-order valence-corrected chi connectivity index (χ0v) is 14.7. The lowest BCUT2D eigenvalue weighted by atomic mass is 10.1. The number of aromatic nitrogens is 2. The van der Waals surface area contributed by atoms with E-state index in [-0.39, 0.29) is 11.7 Å². The second-order valence-corrected chi connectivity index (χ2v) is 6.64. The highest BCUT2D eigenvalue weighted by atomic mass is 19.1. The van der Waals surface area contributed by atoms with Crippen LogP contribution in [0, 0.1) is 12.7 Å². The van der Waals surface area contributed by atoms with E-state index in [4.69, 9.17) is 0 Å². The summed E-state index contributed by atoms with van der Waals surface area (Å²) in [5.74, 6) is 0.961. The minimum atomic E-state index is -0.272. The third-order valence-corrected chi connectivity index (χ3v) is 4.19. The van der Waals surface area contributed by atoms with E-state index in [1.807, 2.05) is 18.2 Å². The van der Waals surface area contributed by atoms with E-state index in [1.165, 1.54) is 6.07 Å². The first-order valence-electron chi connectivity index (χ1n) is 8.47. The Hall–Kier alpha value is -2.69. The maximum atomic E-state index is 13.3. The van der Waals surface area contributed by atoms with Crippen LogP contribution in [0.15, 0.2) is 36.4 Å². The highest BCUT2D eigenvalue weighted by molar-refractivity contribution is 5.91. The maximum absolute atomic E-state index is 13.3. The Balaban J connectivity index is 1.63. The normalized spacial score (nSPS) is 11.2. The number of H-pyrrole nitrogens is 1. The third-order valence-electron chi connectivity index (χ3n) is 4.19. The quantitative estimate of drug-likeness (QED) is 0.707. The summed E-state index contributed by atoms with van der Waals surface area (Å²) in [4.78, 5) is 20.0. The van der Waals surface area contributed by atoms with Crippen LogP contribution in [0.3, 0.4) is 0 Å². The van der Waals surface area contributed by atoms with Gasteiger partial charge in [-0.2, -0.15) is 0 Å². The molecule has 3 rings (SSSR count). The van der Waals surface area contributed by atoms with Crippen LogP contribution in [-0.4, -0.2) is 15.9 Å². The molecule has 0 bridgehead atoms. The van der Waals surface area contributed by atoms with Gasteiger partial charge in [0, 0.05) is 18.0 Å². The van der Waals surface area contributed by atoms with Gasteiger partial charge in [0.2, 0.25) is 5.91 Å². The fourth-order valence-electron chi connectivity index (χ4n) is 2.71. The topological polar surface area (TPSA) is 57.8 Å². The summed E-state index contributed by atoms with van der Waals surface area (Å²) >= 11 is 0. The van der Waals surface area contributed by atoms with E-state index in [9.17, 15) is 9.18 Å². The molecule has 0 unspecified atom stereocenters. The number of halogens is 1. The maximum Gasteiger partial charge on any atom is 0.224 e. The molecule has 0 atom stereocenters. The number of amides is 1. The van der Waals surface area contributed by atoms with Crippen molar-refractivity contribution < 1.29 is 9.18 Å². The van der Waals surface area contributed by atoms with Gasteiger partial charge in [0.1, 0.15) is 11.6 Å². The largest absolute Gasteiger partial charge is 0.342 e. The number of rotatable bonds is 5. The highest BCUT2D eigenvalue weighted by Gasteiger charge is 2.09. The average molecular weight is 339 g/mol. The Morgan fingerprint density at radius 1 is 1.24 bits per heavy atom. The Morgan fingerprint density at radius 3 is 2.76 bits per heavy atom. The Morgan fingerprint density at radius 2 is 2.04 bits per heavy atom. The van der Waals surface area contributed by atoms with Crippen molar-refractivity contribution >= 4 is 22.6 Å². The molecule has 2 N–H and O–H groups in total. The summed E-state index contributed by atoms with van der Waals surface area (Å²) in [5.41, 5.74) is 4.16. The molecule has 0 aliphatic carbocycles. The summed E-state index contributed by atoms with van der Waals surface area (Å²) in [7, 11) is 0. The lowest BCUT2D eigenvalue weighted by molar-refractivity contribution is -0.116. The van der Waals surface area contributed by atoms with Gasteiger partial charge in [-0.15, -0.1) is 0 Å². The van der Waals surface area contributed by atoms with E-state index in [1.54, 1.807) is 19.1 Å². The third kappa shape index (κ3) is 4.05. The van der Waals surface area contributed by atoms with Crippen molar-refractivity contribution in [3.8, 4) is 0 Å². The lowest BCUT2D eigenvalue weighted by Crippen LogP contribution is -2.12. The fraction of sp³-hybridized carbons (Fsp3) is 0.300. The molecule has 0 fully saturated rings. The van der Waals surface area contributed by atoms with Gasteiger partial charge in [0.25, 0.3) is 0 Å². The van der Waals surface area contributed by atoms with Crippen molar-refractivity contribution in [1.29, 1.82) is 0 Å². The zero-order chi connectivity index (χ0) is 18.0. The SMILES string of the molecule is Cc1cc(NC(=O)CCc2ccc3nc(C(C)C)[nH]c3c2)ccc1F. The number of carbonyl (C=O) groups is 1. The number of benzene rings is 2. The molecule has 0 saturated heterocycles. The van der Waals surface area contributed by atoms with E-state index in [2.05, 4.69) is 29.1 Å². The molecular formula is C20H22FN3O. The number of imidazole rings is 1. The standard InChI is InChI=1S/C20H22FN3O/c1-12(2)20-23-17-8-4-14(11-18(17)24-20)5-9-19(25)22-15-6-7-16(21)13(3)10-15/h4,6-8,10-12H,5,9H2,1-3H3,(H,22,25)(H,23,24). The fourth-order valence-corrected chi connectivity index (χ4v) is 2.71. The zero-order valence-electron chi connectivity index (χ0n) is 14.7. The van der Waals surface area contributed by atoms with Crippen LogP contribution >= 0.6 is 0 Å². The van der Waals surface area contributed by atoms with Crippen molar-refractivity contribution in [3.05, 3.63) is 59.2 Å². The summed E-state index contributed by atoms with van der Waals surface area (Å²) < 4.78 is 13.3. The Labute approximate surface area is 146 Å². The second kappa shape index (κ2) is 7.05. The molecule has 5 heteroatoms. The first kappa shape index (κ1) is 17.1. The number of anilines is 1. The molecule has 0 spiro atoms. The lowest BCUT2D eigenvalue weighted by Gasteiger charge is -2.07. The first-order chi connectivity index (χ1) is 11.9. The molecule has 0 aliphatic heterocycles. The van der Waals surface area contributed by atoms with E-state index >= 15 is 0 Å². The minimum Gasteiger partial charge on any atom is -0.342 e. The minimum absolute atomic E-state index is 0.0846. The van der Waals surface area contributed by atoms with Gasteiger partial charge in [-0.25, -0.2) is 9.37 Å². The molecule has 0 radical (unpaired) electrons. The number of carbonyl (C=O) groups excluding carboxylic acids is 1. The Bertz CT molecular complexity index is 914. The summed E-state index contributed by atoms with van der Waals surface area (Å²) in [6, 6.07) is 10.6. The predicted octanol–water partition coefficient (Wildman–Crippen LogP) is 4.71. The van der Waals surface area contributed by atoms with E-state index in [0.29, 0.717) is 30.0 Å². The van der Waals surface area contributed by atoms with Crippen molar-refractivity contribution in [2.75, 3.05) is 5.32 Å². The molecule has 0 aliphatic rings. The number of nitrogens with one attached hydrogen (secondary N) is 2. The van der Waals surface area contributed by atoms with Crippen LogP contribution in [0.5, 0.6) is 0 Å². The smallest absolute Gasteiger partial charge is 0.224 e. The molecule has 130 valence electrons. The van der Waals surface area contributed by atoms with Crippen molar-refractivity contribution in [3.63, 3.8) is 0 Å². The number of hydrogen-bond acceptors (Lipinski definition) is 2. The molecule has 25 heavy (non-hydrogen) atoms. The number of hydrogen-bond donors (Lipinski definition) is 2. The van der Waals surface area contributed by atoms with Gasteiger partial charge in [-0.3, -0.25) is 4.79 Å². The summed E-state index contributed by atoms with van der Waals surface area (Å²) in [6.07, 6.45) is 1.01. The molecule has 1 amide bonds. The van der Waals surface area contributed by atoms with E-state index < -0.39 is 0 Å². The van der Waals surface area contributed by atoms with Crippen LogP contribution in [-0.2, 0) is 11.2 Å². The monoisotopic (exact) mass is 339 g/mol. The van der Waals surface area contributed by atoms with Crippen LogP contribution in [0.4, 0.5) is 10.1 Å². The predicted molar refractivity (Wildman–Crippen MR) is 98.3 cm³/mol. The molecule has 2 aromatic carbocycles. The molecule has 1 aromatic heterocycles. The summed E-state index contributed by atoms with van der Waals surface area (Å²) in [6.45, 7) is 5.87. The van der Waals surface area contributed by atoms with Gasteiger partial charge < -0.3 is 10.3 Å². The molecule has 3 aromatic rings. The average Bonchev–Trinajstić information content (AvgIpc) is 3.00. The Kier molecular flexibility index (Phi) is 4.83. The summed E-state index contributed by atoms with van der Waals surface area (Å²) in [5, 5.41) is 2.81. The first-order valence-corrected chi connectivity index (χ1v) is 8.47. The number of aromatic amines is 1. The number of fused-ring (bicyclic) bond motifs is 1. The van der Waals surface area contributed by atoms with Crippen molar-refractivity contribution in [2.24, 2.45) is 0 Å². The van der Waals surface area contributed by atoms with Gasteiger partial charge in [0.05, 0.1) is 11.0 Å². The molecule has 1 heterocycles. The van der Waals surface area contributed by atoms with Gasteiger partial charge >= 0.3 is 0 Å². The van der Waals surface area contributed by atoms with Crippen LogP contribution in [0.2, 0.25) is 0 Å². The van der Waals surface area contributed by atoms with Gasteiger partial charge in [-0.1, -0.05) is 19.9 Å². The molecular weight excluding hydrogens is 317 g/mol. The van der Waals surface area contributed by atoms with Gasteiger partial charge in [-0.05, 0) is 54.8 Å². The number of aryl methyl sites for hydroxylation is 2. The van der Waals surface area contributed by atoms with Crippen molar-refractivity contribution in [1.82, 2.24) is 9.97 Å². The highest BCUT2D eigenvalue weighted by Crippen LogP contribution is 2.19. The second-order valence-electron chi connectivity index (χ2n) is 6.64. The van der Waals surface area contributed by atoms with Crippen LogP contribution in [0.1, 0.15) is 43.1 Å². The molecule has 0 saturated carbocycles. The van der Waals surface area contributed by atoms with Gasteiger partial charge in [0.15, 0.2) is 0 Å². The molecule has 4 nitrogen and oxygen atoms in total. The van der Waals surface area contributed by atoms with Crippen LogP contribution in [0.25, 0.3) is 11.0 Å². The van der Waals surface area contributed by atoms with E-state index in [0.717, 1.165) is 22.4 Å². The number of nitrogens with zero attached hydrogens (tertiary/aromatic N) is 1.